The Morgan fingerprint density at radius 1 is 0.844 bits per heavy atom. The zero-order valence-corrected chi connectivity index (χ0v) is 19.9. The standard InChI is InChI=1S/C29H30N2S/c1-5-20-31-27(24-14-10-7-11-15-24)26(23-12-8-6-9-13-23)30-28(31)32-21-22-16-18-25(19-17-22)29(2,3)4/h5-19H,1,20-21H2,2-4H3. The van der Waals surface area contributed by atoms with E-state index < -0.39 is 0 Å². The summed E-state index contributed by atoms with van der Waals surface area (Å²) in [5.74, 6) is 0.876. The second kappa shape index (κ2) is 9.62. The molecule has 4 rings (SSSR count). The van der Waals surface area contributed by atoms with Crippen molar-refractivity contribution in [1.82, 2.24) is 9.55 Å². The Morgan fingerprint density at radius 2 is 1.44 bits per heavy atom. The molecule has 0 unspecified atom stereocenters. The van der Waals surface area contributed by atoms with E-state index in [0.717, 1.165) is 34.4 Å². The number of rotatable bonds is 7. The van der Waals surface area contributed by atoms with Gasteiger partial charge in [-0.05, 0) is 16.5 Å². The Labute approximate surface area is 196 Å². The molecule has 0 amide bonds. The van der Waals surface area contributed by atoms with Gasteiger partial charge in [0, 0.05) is 23.4 Å². The molecule has 0 saturated heterocycles. The number of aromatic nitrogens is 2. The quantitative estimate of drug-likeness (QED) is 0.215. The van der Waals surface area contributed by atoms with E-state index in [2.05, 4.69) is 111 Å². The smallest absolute Gasteiger partial charge is 0.169 e. The Morgan fingerprint density at radius 3 is 2.00 bits per heavy atom. The van der Waals surface area contributed by atoms with Crippen LogP contribution in [0.2, 0.25) is 0 Å². The molecule has 0 aliphatic heterocycles. The third-order valence-electron chi connectivity index (χ3n) is 5.53. The first-order chi connectivity index (χ1) is 15.5. The van der Waals surface area contributed by atoms with Crippen LogP contribution in [0.1, 0.15) is 31.9 Å². The normalized spacial score (nSPS) is 11.5. The SMILES string of the molecule is C=CCn1c(SCc2ccc(C(C)(C)C)cc2)nc(-c2ccccc2)c1-c1ccccc1. The Kier molecular flexibility index (Phi) is 6.66. The average molecular weight is 439 g/mol. The first-order valence-electron chi connectivity index (χ1n) is 11.0. The molecular weight excluding hydrogens is 408 g/mol. The van der Waals surface area contributed by atoms with Gasteiger partial charge in [-0.25, -0.2) is 4.98 Å². The molecule has 0 radical (unpaired) electrons. The molecule has 4 aromatic rings. The van der Waals surface area contributed by atoms with Gasteiger partial charge in [0.2, 0.25) is 0 Å². The summed E-state index contributed by atoms with van der Waals surface area (Å²) in [5.41, 5.74) is 7.29. The van der Waals surface area contributed by atoms with Crippen LogP contribution in [-0.4, -0.2) is 9.55 Å². The van der Waals surface area contributed by atoms with Crippen molar-refractivity contribution in [1.29, 1.82) is 0 Å². The lowest BCUT2D eigenvalue weighted by Crippen LogP contribution is -2.10. The van der Waals surface area contributed by atoms with Crippen molar-refractivity contribution < 1.29 is 0 Å². The van der Waals surface area contributed by atoms with Crippen molar-refractivity contribution >= 4 is 11.8 Å². The Hall–Kier alpha value is -3.04. The summed E-state index contributed by atoms with van der Waals surface area (Å²) in [6.07, 6.45) is 1.95. The van der Waals surface area contributed by atoms with Gasteiger partial charge in [-0.1, -0.05) is 124 Å². The number of hydrogen-bond acceptors (Lipinski definition) is 2. The van der Waals surface area contributed by atoms with Crippen molar-refractivity contribution in [3.8, 4) is 22.5 Å². The minimum absolute atomic E-state index is 0.168. The highest BCUT2D eigenvalue weighted by atomic mass is 32.2. The van der Waals surface area contributed by atoms with E-state index in [9.17, 15) is 0 Å². The van der Waals surface area contributed by atoms with Gasteiger partial charge in [0.1, 0.15) is 0 Å². The Balaban J connectivity index is 1.72. The predicted octanol–water partition coefficient (Wildman–Crippen LogP) is 7.99. The van der Waals surface area contributed by atoms with Gasteiger partial charge in [0.05, 0.1) is 11.4 Å². The summed E-state index contributed by atoms with van der Waals surface area (Å²) >= 11 is 1.78. The maximum atomic E-state index is 5.13. The van der Waals surface area contributed by atoms with Crippen molar-refractivity contribution in [3.05, 3.63) is 109 Å². The highest BCUT2D eigenvalue weighted by molar-refractivity contribution is 7.98. The zero-order valence-electron chi connectivity index (χ0n) is 19.1. The second-order valence-electron chi connectivity index (χ2n) is 8.96. The van der Waals surface area contributed by atoms with Gasteiger partial charge in [0.15, 0.2) is 5.16 Å². The van der Waals surface area contributed by atoms with E-state index in [1.165, 1.54) is 16.7 Å². The summed E-state index contributed by atoms with van der Waals surface area (Å²) in [5, 5.41) is 1.02. The fourth-order valence-electron chi connectivity index (χ4n) is 3.78. The number of benzene rings is 3. The van der Waals surface area contributed by atoms with Crippen molar-refractivity contribution in [2.75, 3.05) is 0 Å². The molecule has 0 saturated carbocycles. The number of imidazole rings is 1. The van der Waals surface area contributed by atoms with Gasteiger partial charge < -0.3 is 4.57 Å². The van der Waals surface area contributed by atoms with Crippen molar-refractivity contribution in [3.63, 3.8) is 0 Å². The zero-order chi connectivity index (χ0) is 22.6. The summed E-state index contributed by atoms with van der Waals surface area (Å²) in [6.45, 7) is 11.5. The number of allylic oxidation sites excluding steroid dienone is 1. The monoisotopic (exact) mass is 438 g/mol. The van der Waals surface area contributed by atoms with Gasteiger partial charge in [0.25, 0.3) is 0 Å². The molecule has 1 heterocycles. The maximum absolute atomic E-state index is 5.13. The second-order valence-corrected chi connectivity index (χ2v) is 9.90. The summed E-state index contributed by atoms with van der Waals surface area (Å²) in [6, 6.07) is 30.0. The van der Waals surface area contributed by atoms with Crippen LogP contribution in [0.4, 0.5) is 0 Å². The van der Waals surface area contributed by atoms with E-state index in [4.69, 9.17) is 4.98 Å². The third-order valence-corrected chi connectivity index (χ3v) is 6.57. The molecule has 0 fully saturated rings. The molecule has 0 bridgehead atoms. The van der Waals surface area contributed by atoms with Gasteiger partial charge in [-0.3, -0.25) is 0 Å². The van der Waals surface area contributed by atoms with Gasteiger partial charge in [-0.15, -0.1) is 6.58 Å². The van der Waals surface area contributed by atoms with Crippen LogP contribution in [0.15, 0.2) is 103 Å². The van der Waals surface area contributed by atoms with E-state index in [-0.39, 0.29) is 5.41 Å². The first kappa shape index (κ1) is 22.2. The highest BCUT2D eigenvalue weighted by Crippen LogP contribution is 2.37. The third kappa shape index (κ3) is 4.89. The molecule has 0 N–H and O–H groups in total. The lowest BCUT2D eigenvalue weighted by molar-refractivity contribution is 0.590. The minimum Gasteiger partial charge on any atom is -0.315 e. The molecule has 162 valence electrons. The first-order valence-corrected chi connectivity index (χ1v) is 12.0. The average Bonchev–Trinajstić information content (AvgIpc) is 3.17. The van der Waals surface area contributed by atoms with Crippen LogP contribution in [-0.2, 0) is 17.7 Å². The van der Waals surface area contributed by atoms with Gasteiger partial charge in [-0.2, -0.15) is 0 Å². The molecular formula is C29H30N2S. The summed E-state index contributed by atoms with van der Waals surface area (Å²) in [4.78, 5) is 5.13. The van der Waals surface area contributed by atoms with Gasteiger partial charge >= 0.3 is 0 Å². The van der Waals surface area contributed by atoms with E-state index in [1.54, 1.807) is 11.8 Å². The molecule has 2 nitrogen and oxygen atoms in total. The maximum Gasteiger partial charge on any atom is 0.169 e. The fraction of sp³-hybridized carbons (Fsp3) is 0.207. The van der Waals surface area contributed by atoms with Crippen LogP contribution in [0.5, 0.6) is 0 Å². The van der Waals surface area contributed by atoms with Crippen molar-refractivity contribution in [2.45, 2.75) is 43.6 Å². The number of hydrogen-bond donors (Lipinski definition) is 0. The van der Waals surface area contributed by atoms with Crippen LogP contribution in [0.25, 0.3) is 22.5 Å². The number of thioether (sulfide) groups is 1. The van der Waals surface area contributed by atoms with Crippen LogP contribution < -0.4 is 0 Å². The predicted molar refractivity (Wildman–Crippen MR) is 138 cm³/mol. The van der Waals surface area contributed by atoms with Crippen LogP contribution in [0, 0.1) is 0 Å². The lowest BCUT2D eigenvalue weighted by Gasteiger charge is -2.19. The molecule has 0 spiro atoms. The Bertz CT molecular complexity index is 1170. The molecule has 0 aliphatic carbocycles. The highest BCUT2D eigenvalue weighted by Gasteiger charge is 2.20. The molecule has 0 aliphatic rings. The molecule has 3 aromatic carbocycles. The van der Waals surface area contributed by atoms with Crippen molar-refractivity contribution in [2.24, 2.45) is 0 Å². The van der Waals surface area contributed by atoms with Crippen LogP contribution >= 0.6 is 11.8 Å². The summed E-state index contributed by atoms with van der Waals surface area (Å²) in [7, 11) is 0. The summed E-state index contributed by atoms with van der Waals surface area (Å²) < 4.78 is 2.29. The van der Waals surface area contributed by atoms with E-state index in [1.807, 2.05) is 12.1 Å². The largest absolute Gasteiger partial charge is 0.315 e. The number of nitrogens with zero attached hydrogens (tertiary/aromatic N) is 2. The lowest BCUT2D eigenvalue weighted by atomic mass is 9.87. The fourth-order valence-corrected chi connectivity index (χ4v) is 4.74. The van der Waals surface area contributed by atoms with E-state index >= 15 is 0 Å². The molecule has 0 atom stereocenters. The topological polar surface area (TPSA) is 17.8 Å². The molecule has 3 heteroatoms. The molecule has 32 heavy (non-hydrogen) atoms. The minimum atomic E-state index is 0.168. The molecule has 1 aromatic heterocycles. The van der Waals surface area contributed by atoms with Crippen LogP contribution in [0.3, 0.4) is 0 Å². The van der Waals surface area contributed by atoms with E-state index in [0.29, 0.717) is 0 Å².